The van der Waals surface area contributed by atoms with Crippen molar-refractivity contribution >= 4 is 21.6 Å². The van der Waals surface area contributed by atoms with Gasteiger partial charge in [0, 0.05) is 30.6 Å². The molecule has 0 fully saturated rings. The fourth-order valence-corrected chi connectivity index (χ4v) is 5.11. The van der Waals surface area contributed by atoms with Gasteiger partial charge < -0.3 is 10.2 Å². The number of fused-ring (bicyclic) bond motifs is 3. The van der Waals surface area contributed by atoms with Gasteiger partial charge in [-0.05, 0) is 63.0 Å². The van der Waals surface area contributed by atoms with Gasteiger partial charge in [0.25, 0.3) is 5.56 Å². The van der Waals surface area contributed by atoms with Gasteiger partial charge in [-0.1, -0.05) is 12.1 Å². The largest absolute Gasteiger partial charge is 0.310 e. The number of aromatic nitrogens is 2. The Morgan fingerprint density at radius 2 is 2.21 bits per heavy atom. The molecule has 1 aliphatic carbocycles. The molecule has 1 N–H and O–H groups in total. The highest BCUT2D eigenvalue weighted by Gasteiger charge is 2.25. The van der Waals surface area contributed by atoms with Crippen molar-refractivity contribution < 1.29 is 4.39 Å². The molecule has 1 unspecified atom stereocenters. The Morgan fingerprint density at radius 1 is 1.38 bits per heavy atom. The molecule has 2 aromatic heterocycles. The van der Waals surface area contributed by atoms with Crippen LogP contribution < -0.4 is 10.9 Å². The minimum atomic E-state index is -0.156. The van der Waals surface area contributed by atoms with E-state index in [9.17, 15) is 9.18 Å². The lowest BCUT2D eigenvalue weighted by molar-refractivity contribution is 0.380. The van der Waals surface area contributed by atoms with Gasteiger partial charge in [0.1, 0.15) is 10.6 Å². The second kappa shape index (κ2) is 8.34. The van der Waals surface area contributed by atoms with Crippen LogP contribution in [-0.4, -0.2) is 41.1 Å². The monoisotopic (exact) mass is 414 g/mol. The first-order valence-corrected chi connectivity index (χ1v) is 10.9. The number of likely N-dealkylation sites (N-methyl/N-ethyl adjacent to an activating group) is 1. The summed E-state index contributed by atoms with van der Waals surface area (Å²) in [6.45, 7) is 3.89. The molecule has 0 radical (unpaired) electrons. The summed E-state index contributed by atoms with van der Waals surface area (Å²) >= 11 is 1.64. The van der Waals surface area contributed by atoms with E-state index >= 15 is 0 Å². The lowest BCUT2D eigenvalue weighted by Crippen LogP contribution is -2.34. The summed E-state index contributed by atoms with van der Waals surface area (Å²) in [7, 11) is 4.00. The van der Waals surface area contributed by atoms with Gasteiger partial charge in [-0.15, -0.1) is 11.3 Å². The summed E-state index contributed by atoms with van der Waals surface area (Å²) in [4.78, 5) is 21.7. The number of halogens is 1. The van der Waals surface area contributed by atoms with Crippen molar-refractivity contribution in [2.45, 2.75) is 45.3 Å². The Balaban J connectivity index is 1.50. The average Bonchev–Trinajstić information content (AvgIpc) is 3.06. The summed E-state index contributed by atoms with van der Waals surface area (Å²) in [5.41, 5.74) is 2.89. The molecule has 1 atom stereocenters. The zero-order valence-corrected chi connectivity index (χ0v) is 18.0. The molecule has 0 spiro atoms. The molecule has 4 rings (SSSR count). The second-order valence-electron chi connectivity index (χ2n) is 8.13. The Labute approximate surface area is 174 Å². The van der Waals surface area contributed by atoms with Crippen molar-refractivity contribution in [3.63, 3.8) is 0 Å². The van der Waals surface area contributed by atoms with Gasteiger partial charge in [-0.25, -0.2) is 9.37 Å². The standard InChI is InChI=1S/C22H27FN4OS/c1-14-4-5-15(10-18(14)23)12-24-16-6-7-17-19(11-16)29-21-20(17)22(28)27(13-25-21)9-8-26(2)3/h4-5,10,13,16,24H,6-9,11-12H2,1-3H3. The molecule has 0 saturated carbocycles. The van der Waals surface area contributed by atoms with E-state index in [0.717, 1.165) is 41.6 Å². The van der Waals surface area contributed by atoms with Crippen molar-refractivity contribution in [1.29, 1.82) is 0 Å². The number of nitrogens with zero attached hydrogens (tertiary/aromatic N) is 3. The van der Waals surface area contributed by atoms with Crippen LogP contribution in [0, 0.1) is 12.7 Å². The summed E-state index contributed by atoms with van der Waals surface area (Å²) < 4.78 is 15.5. The number of hydrogen-bond acceptors (Lipinski definition) is 5. The first kappa shape index (κ1) is 20.2. The predicted octanol–water partition coefficient (Wildman–Crippen LogP) is 3.11. The van der Waals surface area contributed by atoms with Crippen LogP contribution in [0.1, 0.15) is 28.0 Å². The van der Waals surface area contributed by atoms with Crippen LogP contribution in [0.2, 0.25) is 0 Å². The van der Waals surface area contributed by atoms with Gasteiger partial charge in [-0.3, -0.25) is 9.36 Å². The van der Waals surface area contributed by atoms with Gasteiger partial charge in [0.15, 0.2) is 0 Å². The zero-order valence-electron chi connectivity index (χ0n) is 17.2. The number of nitrogens with one attached hydrogen (secondary N) is 1. The molecule has 1 aromatic carbocycles. The molecule has 0 aliphatic heterocycles. The van der Waals surface area contributed by atoms with Crippen LogP contribution in [0.15, 0.2) is 29.3 Å². The summed E-state index contributed by atoms with van der Waals surface area (Å²) in [5.74, 6) is -0.156. The average molecular weight is 415 g/mol. The summed E-state index contributed by atoms with van der Waals surface area (Å²) in [6, 6.07) is 5.73. The van der Waals surface area contributed by atoms with E-state index in [1.807, 2.05) is 26.2 Å². The highest BCUT2D eigenvalue weighted by Crippen LogP contribution is 2.33. The lowest BCUT2D eigenvalue weighted by atomic mass is 9.93. The number of benzene rings is 1. The normalized spacial score (nSPS) is 16.5. The Hall–Kier alpha value is -2.09. The van der Waals surface area contributed by atoms with E-state index in [4.69, 9.17) is 0 Å². The van der Waals surface area contributed by atoms with Crippen LogP contribution in [0.3, 0.4) is 0 Å². The fourth-order valence-electron chi connectivity index (χ4n) is 3.85. The predicted molar refractivity (Wildman–Crippen MR) is 116 cm³/mol. The summed E-state index contributed by atoms with van der Waals surface area (Å²) in [6.07, 6.45) is 4.42. The molecule has 1 aliphatic rings. The van der Waals surface area contributed by atoms with Crippen molar-refractivity contribution in [3.05, 3.63) is 62.3 Å². The molecule has 29 heavy (non-hydrogen) atoms. The lowest BCUT2D eigenvalue weighted by Gasteiger charge is -2.23. The van der Waals surface area contributed by atoms with E-state index in [-0.39, 0.29) is 11.4 Å². The van der Waals surface area contributed by atoms with E-state index in [2.05, 4.69) is 15.2 Å². The molecular weight excluding hydrogens is 387 g/mol. The quantitative estimate of drug-likeness (QED) is 0.673. The van der Waals surface area contributed by atoms with Gasteiger partial charge in [0.2, 0.25) is 0 Å². The highest BCUT2D eigenvalue weighted by atomic mass is 32.1. The molecule has 0 bridgehead atoms. The minimum absolute atomic E-state index is 0.0795. The SMILES string of the molecule is Cc1ccc(CNC2CCc3c(sc4ncn(CCN(C)C)c(=O)c34)C2)cc1F. The van der Waals surface area contributed by atoms with Crippen LogP contribution in [0.5, 0.6) is 0 Å². The second-order valence-corrected chi connectivity index (χ2v) is 9.22. The highest BCUT2D eigenvalue weighted by molar-refractivity contribution is 7.18. The number of aryl methyl sites for hydroxylation is 2. The molecule has 154 valence electrons. The maximum atomic E-state index is 13.8. The van der Waals surface area contributed by atoms with E-state index in [1.165, 1.54) is 10.4 Å². The summed E-state index contributed by atoms with van der Waals surface area (Å²) in [5, 5.41) is 4.37. The van der Waals surface area contributed by atoms with Crippen molar-refractivity contribution in [1.82, 2.24) is 19.8 Å². The van der Waals surface area contributed by atoms with Crippen LogP contribution >= 0.6 is 11.3 Å². The van der Waals surface area contributed by atoms with Crippen LogP contribution in [0.4, 0.5) is 4.39 Å². The minimum Gasteiger partial charge on any atom is -0.310 e. The third-order valence-electron chi connectivity index (χ3n) is 5.66. The first-order chi connectivity index (χ1) is 13.9. The van der Waals surface area contributed by atoms with E-state index < -0.39 is 0 Å². The Bertz CT molecular complexity index is 1090. The third-order valence-corrected chi connectivity index (χ3v) is 6.82. The zero-order chi connectivity index (χ0) is 20.5. The maximum Gasteiger partial charge on any atom is 0.262 e. The topological polar surface area (TPSA) is 50.2 Å². The van der Waals surface area contributed by atoms with Crippen molar-refractivity contribution in [3.8, 4) is 0 Å². The number of rotatable bonds is 6. The molecule has 5 nitrogen and oxygen atoms in total. The van der Waals surface area contributed by atoms with Crippen molar-refractivity contribution in [2.75, 3.05) is 20.6 Å². The van der Waals surface area contributed by atoms with Crippen LogP contribution in [0.25, 0.3) is 10.2 Å². The van der Waals surface area contributed by atoms with E-state index in [0.29, 0.717) is 24.7 Å². The van der Waals surface area contributed by atoms with Crippen LogP contribution in [-0.2, 0) is 25.9 Å². The molecule has 2 heterocycles. The van der Waals surface area contributed by atoms with Gasteiger partial charge >= 0.3 is 0 Å². The fraction of sp³-hybridized carbons (Fsp3) is 0.455. The van der Waals surface area contributed by atoms with Gasteiger partial charge in [-0.2, -0.15) is 0 Å². The number of thiophene rings is 1. The molecule has 0 amide bonds. The van der Waals surface area contributed by atoms with E-state index in [1.54, 1.807) is 35.2 Å². The Kier molecular flexibility index (Phi) is 5.81. The van der Waals surface area contributed by atoms with Gasteiger partial charge in [0.05, 0.1) is 11.7 Å². The molecule has 3 aromatic rings. The van der Waals surface area contributed by atoms with Crippen molar-refractivity contribution in [2.24, 2.45) is 0 Å². The smallest absolute Gasteiger partial charge is 0.262 e. The third kappa shape index (κ3) is 4.27. The number of hydrogen-bond donors (Lipinski definition) is 1. The molecule has 7 heteroatoms. The first-order valence-electron chi connectivity index (χ1n) is 10.0. The maximum absolute atomic E-state index is 13.8. The molecule has 0 saturated heterocycles. The molecular formula is C22H27FN4OS. The Morgan fingerprint density at radius 3 is 2.97 bits per heavy atom.